The van der Waals surface area contributed by atoms with Gasteiger partial charge in [0.2, 0.25) is 0 Å². The first-order valence-corrected chi connectivity index (χ1v) is 10.6. The average molecular weight is 330 g/mol. The van der Waals surface area contributed by atoms with Crippen LogP contribution in [0.1, 0.15) is 34.1 Å². The van der Waals surface area contributed by atoms with Crippen molar-refractivity contribution in [3.63, 3.8) is 0 Å². The lowest BCUT2D eigenvalue weighted by Crippen LogP contribution is -2.41. The summed E-state index contributed by atoms with van der Waals surface area (Å²) >= 11 is 0. The third kappa shape index (κ3) is 6.75. The van der Waals surface area contributed by atoms with Gasteiger partial charge < -0.3 is 14.1 Å². The maximum atomic E-state index is 12.3. The lowest BCUT2D eigenvalue weighted by Gasteiger charge is -2.36. The van der Waals surface area contributed by atoms with E-state index in [2.05, 4.69) is 33.9 Å². The highest BCUT2D eigenvalue weighted by atomic mass is 28.4. The number of ketones is 1. The fourth-order valence-electron chi connectivity index (χ4n) is 1.46. The van der Waals surface area contributed by atoms with Gasteiger partial charge in [0, 0.05) is 33.3 Å². The Kier molecular flexibility index (Phi) is 8.04. The molecule has 0 aromatic heterocycles. The van der Waals surface area contributed by atoms with E-state index in [9.17, 15) is 9.59 Å². The Morgan fingerprint density at radius 3 is 2.14 bits per heavy atom. The van der Waals surface area contributed by atoms with Crippen molar-refractivity contribution in [3.8, 4) is 0 Å². The van der Waals surface area contributed by atoms with Gasteiger partial charge in [-0.1, -0.05) is 20.8 Å². The van der Waals surface area contributed by atoms with Crippen molar-refractivity contribution in [2.45, 2.75) is 52.2 Å². The van der Waals surface area contributed by atoms with Crippen molar-refractivity contribution < 1.29 is 18.8 Å². The molecule has 0 aliphatic carbocycles. The molecular formula is C16H31NO4Si. The normalized spacial score (nSPS) is 13.0. The highest BCUT2D eigenvalue weighted by molar-refractivity contribution is 6.74. The molecule has 0 saturated carbocycles. The first-order valence-electron chi connectivity index (χ1n) is 7.65. The van der Waals surface area contributed by atoms with Gasteiger partial charge in [0.1, 0.15) is 5.57 Å². The molecule has 0 unspecified atom stereocenters. The third-order valence-corrected chi connectivity index (χ3v) is 8.32. The van der Waals surface area contributed by atoms with Gasteiger partial charge in [-0.15, -0.1) is 0 Å². The van der Waals surface area contributed by atoms with E-state index in [4.69, 9.17) is 9.16 Å². The Bertz CT molecular complexity index is 422. The standard InChI is InChI=1S/C16H31NO4Si/c1-9-20-15(19)13(12-17(5)6)14(18)10-11-21-22(7,8)16(2,3)4/h12H,9-11H2,1-8H3/b13-12+. The Labute approximate surface area is 135 Å². The van der Waals surface area contributed by atoms with Crippen molar-refractivity contribution in [2.75, 3.05) is 27.3 Å². The summed E-state index contributed by atoms with van der Waals surface area (Å²) in [5, 5.41) is 0.0967. The zero-order chi connectivity index (χ0) is 17.6. The van der Waals surface area contributed by atoms with Crippen LogP contribution >= 0.6 is 0 Å². The number of rotatable bonds is 8. The van der Waals surface area contributed by atoms with Gasteiger partial charge >= 0.3 is 5.97 Å². The fraction of sp³-hybridized carbons (Fsp3) is 0.750. The molecule has 0 heterocycles. The number of Topliss-reactive ketones (excluding diaryl/α,β-unsaturated/α-hetero) is 1. The van der Waals surface area contributed by atoms with E-state index in [1.807, 2.05) is 0 Å². The highest BCUT2D eigenvalue weighted by Crippen LogP contribution is 2.36. The Morgan fingerprint density at radius 1 is 1.18 bits per heavy atom. The predicted molar refractivity (Wildman–Crippen MR) is 91.2 cm³/mol. The van der Waals surface area contributed by atoms with Crippen molar-refractivity contribution in [1.29, 1.82) is 0 Å². The number of hydrogen-bond acceptors (Lipinski definition) is 5. The van der Waals surface area contributed by atoms with Crippen LogP contribution in [0.15, 0.2) is 11.8 Å². The molecule has 0 aliphatic heterocycles. The summed E-state index contributed by atoms with van der Waals surface area (Å²) in [5.41, 5.74) is 0.0747. The van der Waals surface area contributed by atoms with E-state index >= 15 is 0 Å². The summed E-state index contributed by atoms with van der Waals surface area (Å²) in [6.07, 6.45) is 1.69. The molecule has 22 heavy (non-hydrogen) atoms. The molecule has 0 fully saturated rings. The van der Waals surface area contributed by atoms with Crippen LogP contribution in [-0.2, 0) is 18.8 Å². The number of ether oxygens (including phenoxy) is 1. The highest BCUT2D eigenvalue weighted by Gasteiger charge is 2.37. The lowest BCUT2D eigenvalue weighted by molar-refractivity contribution is -0.140. The van der Waals surface area contributed by atoms with Gasteiger partial charge in [0.15, 0.2) is 14.1 Å². The number of esters is 1. The third-order valence-electron chi connectivity index (χ3n) is 3.78. The summed E-state index contributed by atoms with van der Waals surface area (Å²) in [6.45, 7) is 13.0. The van der Waals surface area contributed by atoms with Gasteiger partial charge in [0.05, 0.1) is 6.61 Å². The molecule has 0 N–H and O–H groups in total. The minimum Gasteiger partial charge on any atom is -0.462 e. The zero-order valence-electron chi connectivity index (χ0n) is 15.3. The molecule has 5 nitrogen and oxygen atoms in total. The first kappa shape index (κ1) is 20.9. The summed E-state index contributed by atoms with van der Waals surface area (Å²) in [7, 11) is 1.65. The number of nitrogens with zero attached hydrogens (tertiary/aromatic N) is 1. The number of carbonyl (C=O) groups is 2. The van der Waals surface area contributed by atoms with Crippen LogP contribution in [0.4, 0.5) is 0 Å². The molecule has 0 rings (SSSR count). The van der Waals surface area contributed by atoms with Crippen LogP contribution < -0.4 is 0 Å². The van der Waals surface area contributed by atoms with Crippen LogP contribution in [-0.4, -0.2) is 52.3 Å². The number of hydrogen-bond donors (Lipinski definition) is 0. The Hall–Kier alpha value is -1.14. The minimum atomic E-state index is -1.88. The van der Waals surface area contributed by atoms with E-state index in [-0.39, 0.29) is 29.4 Å². The van der Waals surface area contributed by atoms with Crippen LogP contribution in [0.5, 0.6) is 0 Å². The Morgan fingerprint density at radius 2 is 1.73 bits per heavy atom. The van der Waals surface area contributed by atoms with E-state index in [1.165, 1.54) is 6.20 Å². The fourth-order valence-corrected chi connectivity index (χ4v) is 2.50. The molecule has 6 heteroatoms. The summed E-state index contributed by atoms with van der Waals surface area (Å²) in [5.74, 6) is -0.820. The topological polar surface area (TPSA) is 55.8 Å². The molecule has 0 aromatic carbocycles. The van der Waals surface area contributed by atoms with Crippen LogP contribution in [0.25, 0.3) is 0 Å². The second-order valence-corrected chi connectivity index (χ2v) is 11.8. The maximum absolute atomic E-state index is 12.3. The van der Waals surface area contributed by atoms with Crippen molar-refractivity contribution in [1.82, 2.24) is 4.90 Å². The quantitative estimate of drug-likeness (QED) is 0.225. The van der Waals surface area contributed by atoms with E-state index in [0.29, 0.717) is 6.61 Å². The zero-order valence-corrected chi connectivity index (χ0v) is 16.3. The molecule has 0 radical (unpaired) electrons. The summed E-state index contributed by atoms with van der Waals surface area (Å²) in [4.78, 5) is 25.8. The summed E-state index contributed by atoms with van der Waals surface area (Å²) < 4.78 is 10.9. The molecule has 0 atom stereocenters. The lowest BCUT2D eigenvalue weighted by atomic mass is 10.1. The molecule has 0 spiro atoms. The molecule has 0 amide bonds. The average Bonchev–Trinajstić information content (AvgIpc) is 2.34. The molecule has 0 bridgehead atoms. The number of carbonyl (C=O) groups excluding carboxylic acids is 2. The van der Waals surface area contributed by atoms with Crippen LogP contribution in [0, 0.1) is 0 Å². The van der Waals surface area contributed by atoms with E-state index < -0.39 is 14.3 Å². The second kappa shape index (κ2) is 8.48. The van der Waals surface area contributed by atoms with Gasteiger partial charge in [-0.05, 0) is 25.1 Å². The van der Waals surface area contributed by atoms with Crippen molar-refractivity contribution in [2.24, 2.45) is 0 Å². The van der Waals surface area contributed by atoms with Crippen LogP contribution in [0.3, 0.4) is 0 Å². The van der Waals surface area contributed by atoms with Crippen LogP contribution in [0.2, 0.25) is 18.1 Å². The molecule has 0 saturated heterocycles. The SMILES string of the molecule is CCOC(=O)/C(=C/N(C)C)C(=O)CCO[Si](C)(C)C(C)(C)C. The van der Waals surface area contributed by atoms with Crippen molar-refractivity contribution >= 4 is 20.1 Å². The summed E-state index contributed by atoms with van der Waals surface area (Å²) in [6, 6.07) is 0. The predicted octanol–water partition coefficient (Wildman–Crippen LogP) is 2.98. The van der Waals surface area contributed by atoms with Gasteiger partial charge in [-0.2, -0.15) is 0 Å². The molecule has 128 valence electrons. The monoisotopic (exact) mass is 329 g/mol. The van der Waals surface area contributed by atoms with Gasteiger partial charge in [-0.3, -0.25) is 4.79 Å². The Balaban J connectivity index is 4.77. The maximum Gasteiger partial charge on any atom is 0.343 e. The minimum absolute atomic E-state index is 0.0747. The van der Waals surface area contributed by atoms with E-state index in [0.717, 1.165) is 0 Å². The molecular weight excluding hydrogens is 298 g/mol. The molecule has 0 aromatic rings. The molecule has 0 aliphatic rings. The van der Waals surface area contributed by atoms with Crippen molar-refractivity contribution in [3.05, 3.63) is 11.8 Å². The smallest absolute Gasteiger partial charge is 0.343 e. The van der Waals surface area contributed by atoms with Gasteiger partial charge in [0.25, 0.3) is 0 Å². The largest absolute Gasteiger partial charge is 0.462 e. The second-order valence-electron chi connectivity index (χ2n) is 7.01. The first-order chi connectivity index (χ1) is 9.92. The van der Waals surface area contributed by atoms with E-state index in [1.54, 1.807) is 25.9 Å². The van der Waals surface area contributed by atoms with Gasteiger partial charge in [-0.25, -0.2) is 4.79 Å².